The van der Waals surface area contributed by atoms with Crippen LogP contribution < -0.4 is 5.73 Å². The van der Waals surface area contributed by atoms with Crippen molar-refractivity contribution >= 4 is 11.8 Å². The highest BCUT2D eigenvalue weighted by Crippen LogP contribution is 2.31. The van der Waals surface area contributed by atoms with E-state index in [0.717, 1.165) is 18.5 Å². The van der Waals surface area contributed by atoms with Crippen LogP contribution in [0, 0.1) is 0 Å². The molecule has 0 radical (unpaired) electrons. The normalized spacial score (nSPS) is 12.0. The van der Waals surface area contributed by atoms with Gasteiger partial charge in [-0.3, -0.25) is 0 Å². The minimum Gasteiger partial charge on any atom is -0.347 e. The molecule has 86 valence electrons. The number of thioether (sulfide) groups is 1. The van der Waals surface area contributed by atoms with Crippen molar-refractivity contribution in [2.24, 2.45) is 5.73 Å². The van der Waals surface area contributed by atoms with E-state index >= 15 is 0 Å². The van der Waals surface area contributed by atoms with Crippen molar-refractivity contribution < 1.29 is 13.2 Å². The summed E-state index contributed by atoms with van der Waals surface area (Å²) in [5.74, 6) is 1.04. The Labute approximate surface area is 89.6 Å². The number of aromatic nitrogens is 2. The number of rotatable bonds is 5. The van der Waals surface area contributed by atoms with E-state index in [1.165, 1.54) is 11.8 Å². The molecule has 0 spiro atoms. The SMILES string of the molecule is NCCCSCc1[nH]cnc1C(F)(F)F. The van der Waals surface area contributed by atoms with Gasteiger partial charge in [-0.2, -0.15) is 24.9 Å². The number of halogens is 3. The molecule has 1 aromatic rings. The molecule has 0 aliphatic heterocycles. The van der Waals surface area contributed by atoms with Gasteiger partial charge in [-0.1, -0.05) is 0 Å². The van der Waals surface area contributed by atoms with Crippen LogP contribution in [0.2, 0.25) is 0 Å². The largest absolute Gasteiger partial charge is 0.435 e. The lowest BCUT2D eigenvalue weighted by atomic mass is 10.3. The molecule has 0 aromatic carbocycles. The summed E-state index contributed by atoms with van der Waals surface area (Å²) in [5.41, 5.74) is 4.59. The minimum atomic E-state index is -4.37. The van der Waals surface area contributed by atoms with E-state index in [2.05, 4.69) is 9.97 Å². The van der Waals surface area contributed by atoms with Crippen LogP contribution in [0.1, 0.15) is 17.8 Å². The summed E-state index contributed by atoms with van der Waals surface area (Å²) in [6, 6.07) is 0. The van der Waals surface area contributed by atoms with Crippen LogP contribution in [-0.2, 0) is 11.9 Å². The molecule has 0 amide bonds. The zero-order chi connectivity index (χ0) is 11.3. The Hall–Kier alpha value is -0.690. The summed E-state index contributed by atoms with van der Waals surface area (Å²) in [6.07, 6.45) is -2.49. The van der Waals surface area contributed by atoms with Crippen LogP contribution in [0.15, 0.2) is 6.33 Å². The number of nitrogens with two attached hydrogens (primary N) is 1. The van der Waals surface area contributed by atoms with E-state index in [1.807, 2.05) is 0 Å². The van der Waals surface area contributed by atoms with Crippen LogP contribution in [-0.4, -0.2) is 22.3 Å². The zero-order valence-electron chi connectivity index (χ0n) is 7.97. The van der Waals surface area contributed by atoms with Gasteiger partial charge in [0.05, 0.1) is 12.0 Å². The molecule has 1 rings (SSSR count). The minimum absolute atomic E-state index is 0.129. The highest BCUT2D eigenvalue weighted by atomic mass is 32.2. The van der Waals surface area contributed by atoms with Crippen LogP contribution in [0.4, 0.5) is 13.2 Å². The molecule has 0 saturated carbocycles. The van der Waals surface area contributed by atoms with Crippen molar-refractivity contribution in [3.05, 3.63) is 17.7 Å². The average molecular weight is 239 g/mol. The van der Waals surface area contributed by atoms with Gasteiger partial charge in [0, 0.05) is 5.75 Å². The second-order valence-electron chi connectivity index (χ2n) is 2.92. The lowest BCUT2D eigenvalue weighted by molar-refractivity contribution is -0.141. The Balaban J connectivity index is 2.51. The number of aromatic amines is 1. The maximum absolute atomic E-state index is 12.3. The van der Waals surface area contributed by atoms with E-state index in [0.29, 0.717) is 6.54 Å². The summed E-state index contributed by atoms with van der Waals surface area (Å²) in [5, 5.41) is 0. The third-order valence-corrected chi connectivity index (χ3v) is 2.80. The van der Waals surface area contributed by atoms with Crippen LogP contribution in [0.25, 0.3) is 0 Å². The molecule has 3 N–H and O–H groups in total. The van der Waals surface area contributed by atoms with Gasteiger partial charge >= 0.3 is 6.18 Å². The number of H-pyrrole nitrogens is 1. The summed E-state index contributed by atoms with van der Waals surface area (Å²) in [6.45, 7) is 0.558. The summed E-state index contributed by atoms with van der Waals surface area (Å²) >= 11 is 1.41. The lowest BCUT2D eigenvalue weighted by Gasteiger charge is -2.05. The number of hydrogen-bond acceptors (Lipinski definition) is 3. The molecular formula is C8H12F3N3S. The summed E-state index contributed by atoms with van der Waals surface area (Å²) < 4.78 is 37.0. The van der Waals surface area contributed by atoms with Crippen molar-refractivity contribution in [3.63, 3.8) is 0 Å². The molecule has 7 heteroatoms. The highest BCUT2D eigenvalue weighted by molar-refractivity contribution is 7.98. The summed E-state index contributed by atoms with van der Waals surface area (Å²) in [7, 11) is 0. The number of alkyl halides is 3. The fourth-order valence-corrected chi connectivity index (χ4v) is 1.97. The van der Waals surface area contributed by atoms with E-state index < -0.39 is 11.9 Å². The van der Waals surface area contributed by atoms with E-state index in [-0.39, 0.29) is 11.4 Å². The Morgan fingerprint density at radius 1 is 1.47 bits per heavy atom. The predicted octanol–water partition coefficient (Wildman–Crippen LogP) is 2.01. The molecule has 0 fully saturated rings. The van der Waals surface area contributed by atoms with Crippen LogP contribution in [0.3, 0.4) is 0 Å². The van der Waals surface area contributed by atoms with E-state index in [1.54, 1.807) is 0 Å². The Bertz CT molecular complexity index is 298. The molecule has 0 bridgehead atoms. The first kappa shape index (κ1) is 12.4. The molecule has 1 heterocycles. The smallest absolute Gasteiger partial charge is 0.347 e. The Morgan fingerprint density at radius 2 is 2.20 bits per heavy atom. The van der Waals surface area contributed by atoms with Gasteiger partial charge in [0.1, 0.15) is 0 Å². The highest BCUT2D eigenvalue weighted by Gasteiger charge is 2.35. The first-order chi connectivity index (χ1) is 7.05. The molecule has 1 aromatic heterocycles. The van der Waals surface area contributed by atoms with Crippen molar-refractivity contribution in [2.75, 3.05) is 12.3 Å². The second-order valence-corrected chi connectivity index (χ2v) is 4.03. The van der Waals surface area contributed by atoms with Gasteiger partial charge in [0.25, 0.3) is 0 Å². The predicted molar refractivity (Wildman–Crippen MR) is 53.4 cm³/mol. The monoisotopic (exact) mass is 239 g/mol. The summed E-state index contributed by atoms with van der Waals surface area (Å²) in [4.78, 5) is 5.77. The maximum atomic E-state index is 12.3. The molecular weight excluding hydrogens is 227 g/mol. The topological polar surface area (TPSA) is 54.7 Å². The third kappa shape index (κ3) is 3.75. The molecule has 0 unspecified atom stereocenters. The molecule has 3 nitrogen and oxygen atoms in total. The quantitative estimate of drug-likeness (QED) is 0.773. The van der Waals surface area contributed by atoms with Gasteiger partial charge in [-0.25, -0.2) is 4.98 Å². The van der Waals surface area contributed by atoms with Gasteiger partial charge in [-0.15, -0.1) is 0 Å². The molecule has 0 aliphatic carbocycles. The molecule has 0 atom stereocenters. The van der Waals surface area contributed by atoms with Crippen LogP contribution in [0.5, 0.6) is 0 Å². The fourth-order valence-electron chi connectivity index (χ4n) is 1.03. The average Bonchev–Trinajstić information content (AvgIpc) is 2.59. The van der Waals surface area contributed by atoms with Crippen molar-refractivity contribution in [2.45, 2.75) is 18.3 Å². The van der Waals surface area contributed by atoms with Crippen molar-refractivity contribution in [3.8, 4) is 0 Å². The van der Waals surface area contributed by atoms with Gasteiger partial charge in [-0.05, 0) is 18.7 Å². The first-order valence-electron chi connectivity index (χ1n) is 4.43. The fraction of sp³-hybridized carbons (Fsp3) is 0.625. The maximum Gasteiger partial charge on any atom is 0.435 e. The number of nitrogens with one attached hydrogen (secondary N) is 1. The van der Waals surface area contributed by atoms with Gasteiger partial charge < -0.3 is 10.7 Å². The number of imidazole rings is 1. The Kier molecular flexibility index (Phi) is 4.46. The lowest BCUT2D eigenvalue weighted by Crippen LogP contribution is -2.08. The Morgan fingerprint density at radius 3 is 2.80 bits per heavy atom. The zero-order valence-corrected chi connectivity index (χ0v) is 8.79. The van der Waals surface area contributed by atoms with E-state index in [4.69, 9.17) is 5.73 Å². The van der Waals surface area contributed by atoms with Crippen molar-refractivity contribution in [1.82, 2.24) is 9.97 Å². The van der Waals surface area contributed by atoms with Gasteiger partial charge in [0.15, 0.2) is 5.69 Å². The molecule has 0 aliphatic rings. The van der Waals surface area contributed by atoms with Gasteiger partial charge in [0.2, 0.25) is 0 Å². The molecule has 0 saturated heterocycles. The van der Waals surface area contributed by atoms with Crippen LogP contribution >= 0.6 is 11.8 Å². The van der Waals surface area contributed by atoms with Crippen molar-refractivity contribution in [1.29, 1.82) is 0 Å². The first-order valence-corrected chi connectivity index (χ1v) is 5.58. The molecule has 15 heavy (non-hydrogen) atoms. The second kappa shape index (κ2) is 5.41. The van der Waals surface area contributed by atoms with E-state index in [9.17, 15) is 13.2 Å². The standard InChI is InChI=1S/C8H12F3N3S/c9-8(10,11)7-6(13-5-14-7)4-15-3-1-2-12/h5H,1-4,12H2,(H,13,14). The number of nitrogens with zero attached hydrogens (tertiary/aromatic N) is 1. The third-order valence-electron chi connectivity index (χ3n) is 1.73. The number of hydrogen-bond donors (Lipinski definition) is 2.